The molecular weight excluding hydrogens is 626 g/mol. The van der Waals surface area contributed by atoms with E-state index in [1.54, 1.807) is 12.1 Å². The van der Waals surface area contributed by atoms with E-state index in [0.717, 1.165) is 15.9 Å². The number of pyridine rings is 1. The molecule has 2 aliphatic rings. The topological polar surface area (TPSA) is 138 Å². The van der Waals surface area contributed by atoms with Crippen LogP contribution in [0.3, 0.4) is 0 Å². The van der Waals surface area contributed by atoms with Crippen LogP contribution in [0.5, 0.6) is 0 Å². The minimum atomic E-state index is -4.89. The third-order valence-electron chi connectivity index (χ3n) is 7.57. The summed E-state index contributed by atoms with van der Waals surface area (Å²) in [5.41, 5.74) is 1.50. The normalized spacial score (nSPS) is 19.7. The fourth-order valence-corrected chi connectivity index (χ4v) is 5.35. The third kappa shape index (κ3) is 7.58. The molecule has 0 saturated carbocycles. The molecule has 5 amide bonds. The van der Waals surface area contributed by atoms with Crippen LogP contribution in [0.1, 0.15) is 30.7 Å². The van der Waals surface area contributed by atoms with Crippen molar-refractivity contribution in [2.24, 2.45) is 5.73 Å². The highest BCUT2D eigenvalue weighted by atomic mass is 19.4. The number of amides is 5. The SMILES string of the molecule is CC(C)(N)C(=O)N[C@H](COCc1ccccc1C(F)(F)F)C(=O)N1CCN2C(=O)N(CC(F)(F)F)C(=O)[C@]2(Cc2ccccn2)C1. The summed E-state index contributed by atoms with van der Waals surface area (Å²) >= 11 is 0. The molecule has 3 N–H and O–H groups in total. The summed E-state index contributed by atoms with van der Waals surface area (Å²) in [5, 5.41) is 2.43. The number of aromatic nitrogens is 1. The molecule has 0 bridgehead atoms. The number of halogens is 6. The maximum Gasteiger partial charge on any atom is 0.416 e. The quantitative estimate of drug-likeness (QED) is 0.296. The van der Waals surface area contributed by atoms with Gasteiger partial charge in [-0.2, -0.15) is 26.3 Å². The van der Waals surface area contributed by atoms with Gasteiger partial charge in [-0.3, -0.25) is 24.3 Å². The number of ether oxygens (including phenoxy) is 1. The second-order valence-corrected chi connectivity index (χ2v) is 11.6. The lowest BCUT2D eigenvalue weighted by molar-refractivity contribution is -0.157. The van der Waals surface area contributed by atoms with Gasteiger partial charge in [0.1, 0.15) is 18.1 Å². The summed E-state index contributed by atoms with van der Waals surface area (Å²) < 4.78 is 86.0. The van der Waals surface area contributed by atoms with Crippen LogP contribution in [0.15, 0.2) is 48.7 Å². The number of nitrogens with two attached hydrogens (primary N) is 1. The van der Waals surface area contributed by atoms with Gasteiger partial charge < -0.3 is 25.6 Å². The van der Waals surface area contributed by atoms with E-state index in [1.807, 2.05) is 0 Å². The monoisotopic (exact) mass is 658 g/mol. The van der Waals surface area contributed by atoms with Crippen molar-refractivity contribution in [3.8, 4) is 0 Å². The van der Waals surface area contributed by atoms with Crippen molar-refractivity contribution in [3.05, 3.63) is 65.5 Å². The van der Waals surface area contributed by atoms with Gasteiger partial charge in [0.15, 0.2) is 0 Å². The summed E-state index contributed by atoms with van der Waals surface area (Å²) in [6, 6.07) is 6.60. The molecule has 4 rings (SSSR count). The van der Waals surface area contributed by atoms with Crippen molar-refractivity contribution in [2.75, 3.05) is 32.8 Å². The van der Waals surface area contributed by atoms with Gasteiger partial charge in [0.05, 0.1) is 30.9 Å². The molecule has 3 heterocycles. The summed E-state index contributed by atoms with van der Waals surface area (Å²) in [4.78, 5) is 59.8. The van der Waals surface area contributed by atoms with E-state index in [-0.39, 0.29) is 35.7 Å². The number of nitrogens with one attached hydrogen (secondary N) is 1. The molecule has 0 radical (unpaired) electrons. The van der Waals surface area contributed by atoms with Gasteiger partial charge in [-0.1, -0.05) is 24.3 Å². The molecule has 2 atom stereocenters. The first kappa shape index (κ1) is 34.6. The van der Waals surface area contributed by atoms with Gasteiger partial charge in [-0.15, -0.1) is 0 Å². The minimum Gasteiger partial charge on any atom is -0.374 e. The van der Waals surface area contributed by atoms with Crippen molar-refractivity contribution in [1.29, 1.82) is 0 Å². The number of alkyl halides is 6. The second kappa shape index (κ2) is 12.9. The Labute approximate surface area is 259 Å². The number of rotatable bonds is 10. The first-order chi connectivity index (χ1) is 21.3. The average Bonchev–Trinajstić information content (AvgIpc) is 3.15. The van der Waals surface area contributed by atoms with Crippen molar-refractivity contribution in [1.82, 2.24) is 25.0 Å². The van der Waals surface area contributed by atoms with E-state index in [9.17, 15) is 45.5 Å². The lowest BCUT2D eigenvalue weighted by Crippen LogP contribution is -2.67. The van der Waals surface area contributed by atoms with E-state index in [0.29, 0.717) is 0 Å². The lowest BCUT2D eigenvalue weighted by Gasteiger charge is -2.45. The Morgan fingerprint density at radius 1 is 1.04 bits per heavy atom. The van der Waals surface area contributed by atoms with E-state index < -0.39 is 85.1 Å². The van der Waals surface area contributed by atoms with Gasteiger partial charge in [0, 0.05) is 31.4 Å². The zero-order valence-corrected chi connectivity index (χ0v) is 24.8. The van der Waals surface area contributed by atoms with Crippen LogP contribution in [0.25, 0.3) is 0 Å². The predicted octanol–water partition coefficient (Wildman–Crippen LogP) is 2.49. The van der Waals surface area contributed by atoms with Gasteiger partial charge in [0.2, 0.25) is 11.8 Å². The molecular formula is C29H32F6N6O5. The Balaban J connectivity index is 1.62. The first-order valence-electron chi connectivity index (χ1n) is 14.1. The lowest BCUT2D eigenvalue weighted by atomic mass is 9.88. The highest BCUT2D eigenvalue weighted by Gasteiger charge is 2.61. The molecule has 2 aromatic rings. The molecule has 1 aromatic carbocycles. The summed E-state index contributed by atoms with van der Waals surface area (Å²) in [6.07, 6.45) is -8.51. The molecule has 0 aliphatic carbocycles. The van der Waals surface area contributed by atoms with Crippen LogP contribution in [0.2, 0.25) is 0 Å². The summed E-state index contributed by atoms with van der Waals surface area (Å²) in [6.45, 7) is -1.47. The number of hydrogen-bond acceptors (Lipinski definition) is 7. The van der Waals surface area contributed by atoms with E-state index in [1.165, 1.54) is 44.3 Å². The Hall–Kier alpha value is -4.25. The van der Waals surface area contributed by atoms with Crippen LogP contribution in [-0.4, -0.2) is 99.5 Å². The van der Waals surface area contributed by atoms with Crippen molar-refractivity contribution in [3.63, 3.8) is 0 Å². The summed E-state index contributed by atoms with van der Waals surface area (Å²) in [7, 11) is 0. The molecule has 2 saturated heterocycles. The zero-order chi connectivity index (χ0) is 34.1. The Bertz CT molecular complexity index is 1460. The number of carbonyl (C=O) groups is 4. The standard InChI is InChI=1S/C29H32F6N6O5/c1-26(2,36)23(43)38-21(15-46-14-18-7-3-4-9-20(18)29(33,34)35)22(42)39-11-12-41-25(45)40(17-28(30,31)32)24(44)27(41,16-39)13-19-8-5-6-10-37-19/h3-10,21H,11-17,36H2,1-2H3,(H,38,43)/t21-,27+/m1/s1. The Kier molecular flexibility index (Phi) is 9.68. The molecule has 46 heavy (non-hydrogen) atoms. The van der Waals surface area contributed by atoms with Crippen LogP contribution in [-0.2, 0) is 38.3 Å². The highest BCUT2D eigenvalue weighted by Crippen LogP contribution is 2.37. The van der Waals surface area contributed by atoms with Gasteiger partial charge in [-0.25, -0.2) is 4.79 Å². The first-order valence-corrected chi connectivity index (χ1v) is 14.1. The molecule has 2 aliphatic heterocycles. The van der Waals surface area contributed by atoms with Crippen molar-refractivity contribution < 1.29 is 50.3 Å². The number of urea groups is 1. The summed E-state index contributed by atoms with van der Waals surface area (Å²) in [5.74, 6) is -2.84. The fourth-order valence-electron chi connectivity index (χ4n) is 5.35. The second-order valence-electron chi connectivity index (χ2n) is 11.6. The van der Waals surface area contributed by atoms with E-state index in [4.69, 9.17) is 10.5 Å². The molecule has 0 spiro atoms. The van der Waals surface area contributed by atoms with Crippen LogP contribution in [0, 0.1) is 0 Å². The number of benzene rings is 1. The number of nitrogens with zero attached hydrogens (tertiary/aromatic N) is 4. The Morgan fingerprint density at radius 2 is 1.72 bits per heavy atom. The number of hydrogen-bond donors (Lipinski definition) is 2. The molecule has 1 aromatic heterocycles. The van der Waals surface area contributed by atoms with Gasteiger partial charge >= 0.3 is 18.4 Å². The van der Waals surface area contributed by atoms with Gasteiger partial charge in [-0.05, 0) is 37.6 Å². The molecule has 11 nitrogen and oxygen atoms in total. The highest BCUT2D eigenvalue weighted by molar-refractivity contribution is 6.08. The maximum absolute atomic E-state index is 13.9. The van der Waals surface area contributed by atoms with E-state index >= 15 is 0 Å². The minimum absolute atomic E-state index is 0.0916. The third-order valence-corrected chi connectivity index (χ3v) is 7.57. The van der Waals surface area contributed by atoms with Gasteiger partial charge in [0.25, 0.3) is 5.91 Å². The number of carbonyl (C=O) groups excluding carboxylic acids is 4. The molecule has 17 heteroatoms. The van der Waals surface area contributed by atoms with Crippen LogP contribution >= 0.6 is 0 Å². The number of fused-ring (bicyclic) bond motifs is 1. The molecule has 0 unspecified atom stereocenters. The number of imide groups is 1. The van der Waals surface area contributed by atoms with Crippen molar-refractivity contribution >= 4 is 23.8 Å². The fraction of sp³-hybridized carbons (Fsp3) is 0.483. The largest absolute Gasteiger partial charge is 0.416 e. The van der Waals surface area contributed by atoms with E-state index in [2.05, 4.69) is 10.3 Å². The van der Waals surface area contributed by atoms with Crippen LogP contribution in [0.4, 0.5) is 31.1 Å². The van der Waals surface area contributed by atoms with Crippen LogP contribution < -0.4 is 11.1 Å². The predicted molar refractivity (Wildman–Crippen MR) is 148 cm³/mol. The molecule has 250 valence electrons. The van der Waals surface area contributed by atoms with Crippen molar-refractivity contribution in [2.45, 2.75) is 56.3 Å². The smallest absolute Gasteiger partial charge is 0.374 e. The Morgan fingerprint density at radius 3 is 2.33 bits per heavy atom. The molecule has 2 fully saturated rings. The average molecular weight is 659 g/mol. The maximum atomic E-state index is 13.9. The zero-order valence-electron chi connectivity index (χ0n) is 24.8. The number of piperazine rings is 1.